The van der Waals surface area contributed by atoms with Crippen molar-refractivity contribution in [2.45, 2.75) is 13.0 Å². The van der Waals surface area contributed by atoms with Crippen LogP contribution in [-0.2, 0) is 17.8 Å². The van der Waals surface area contributed by atoms with E-state index in [1.807, 2.05) is 54.4 Å². The molecule has 0 fully saturated rings. The maximum Gasteiger partial charge on any atom is 0.243 e. The monoisotopic (exact) mass is 382 g/mol. The number of furan rings is 2. The smallest absolute Gasteiger partial charge is 0.243 e. The van der Waals surface area contributed by atoms with E-state index in [9.17, 15) is 4.79 Å². The second kappa shape index (κ2) is 9.12. The molecular weight excluding hydrogens is 356 g/mol. The molecule has 0 aliphatic carbocycles. The molecule has 0 saturated heterocycles. The predicted octanol–water partition coefficient (Wildman–Crippen LogP) is 2.73. The molecule has 2 heterocycles. The maximum atomic E-state index is 11.9. The van der Waals surface area contributed by atoms with Crippen LogP contribution in [0.15, 0.2) is 62.6 Å². The summed E-state index contributed by atoms with van der Waals surface area (Å²) in [7, 11) is 5.37. The number of carbonyl (C=O) groups is 1. The highest BCUT2D eigenvalue weighted by atomic mass is 16.3. The fraction of sp³-hybridized carbons (Fsp3) is 0.333. The van der Waals surface area contributed by atoms with Crippen LogP contribution in [0.1, 0.15) is 11.5 Å². The normalized spacial score (nSPS) is 11.6. The highest BCUT2D eigenvalue weighted by Gasteiger charge is 2.12. The molecule has 0 aliphatic rings. The number of rotatable bonds is 7. The number of guanidine groups is 1. The van der Waals surface area contributed by atoms with Gasteiger partial charge in [-0.05, 0) is 24.3 Å². The Balaban J connectivity index is 1.67. The summed E-state index contributed by atoms with van der Waals surface area (Å²) in [5.74, 6) is 2.32. The largest absolute Gasteiger partial charge is 0.469 e. The Morgan fingerprint density at radius 3 is 2.64 bits per heavy atom. The van der Waals surface area contributed by atoms with Crippen molar-refractivity contribution >= 4 is 22.8 Å². The molecule has 148 valence electrons. The first kappa shape index (κ1) is 19.5. The highest BCUT2D eigenvalue weighted by Crippen LogP contribution is 2.19. The zero-order valence-electron chi connectivity index (χ0n) is 16.5. The molecule has 0 bridgehead atoms. The van der Waals surface area contributed by atoms with Gasteiger partial charge in [0.1, 0.15) is 23.6 Å². The van der Waals surface area contributed by atoms with E-state index in [0.717, 1.165) is 28.9 Å². The van der Waals surface area contributed by atoms with Crippen LogP contribution in [0, 0.1) is 0 Å². The summed E-state index contributed by atoms with van der Waals surface area (Å²) in [5, 5.41) is 4.38. The number of nitrogens with one attached hydrogen (secondary N) is 1. The summed E-state index contributed by atoms with van der Waals surface area (Å²) in [5.41, 5.74) is 0.859. The van der Waals surface area contributed by atoms with Crippen LogP contribution in [0.5, 0.6) is 0 Å². The number of hydrogen-bond donors (Lipinski definition) is 1. The minimum atomic E-state index is -0.0533. The number of amides is 1. The topological polar surface area (TPSA) is 74.2 Å². The van der Waals surface area contributed by atoms with Gasteiger partial charge in [-0.15, -0.1) is 0 Å². The fourth-order valence-corrected chi connectivity index (χ4v) is 2.77. The Kier molecular flexibility index (Phi) is 6.37. The van der Waals surface area contributed by atoms with Gasteiger partial charge in [-0.25, -0.2) is 4.99 Å². The van der Waals surface area contributed by atoms with Gasteiger partial charge in [0.2, 0.25) is 5.91 Å². The number of para-hydroxylation sites is 1. The molecule has 7 heteroatoms. The first-order chi connectivity index (χ1) is 13.5. The minimum absolute atomic E-state index is 0.0533. The van der Waals surface area contributed by atoms with Crippen molar-refractivity contribution in [2.24, 2.45) is 4.99 Å². The van der Waals surface area contributed by atoms with E-state index in [1.54, 1.807) is 20.4 Å². The second-order valence-electron chi connectivity index (χ2n) is 6.79. The van der Waals surface area contributed by atoms with Crippen molar-refractivity contribution in [3.05, 3.63) is 60.2 Å². The Morgan fingerprint density at radius 1 is 1.11 bits per heavy atom. The van der Waals surface area contributed by atoms with E-state index >= 15 is 0 Å². The molecule has 0 spiro atoms. The first-order valence-electron chi connectivity index (χ1n) is 9.22. The van der Waals surface area contributed by atoms with Crippen LogP contribution in [0.25, 0.3) is 11.0 Å². The molecule has 1 N–H and O–H groups in total. The lowest BCUT2D eigenvalue weighted by Crippen LogP contribution is -2.40. The van der Waals surface area contributed by atoms with Gasteiger partial charge in [-0.3, -0.25) is 4.79 Å². The van der Waals surface area contributed by atoms with E-state index in [1.165, 1.54) is 4.90 Å². The van der Waals surface area contributed by atoms with Gasteiger partial charge in [-0.2, -0.15) is 0 Å². The number of likely N-dealkylation sites (N-methyl/N-ethyl adjacent to an activating group) is 1. The van der Waals surface area contributed by atoms with E-state index in [-0.39, 0.29) is 12.5 Å². The van der Waals surface area contributed by atoms with Crippen molar-refractivity contribution < 1.29 is 13.6 Å². The third-order valence-electron chi connectivity index (χ3n) is 4.33. The van der Waals surface area contributed by atoms with Gasteiger partial charge in [0, 0.05) is 39.5 Å². The number of hydrogen-bond acceptors (Lipinski definition) is 4. The summed E-state index contributed by atoms with van der Waals surface area (Å²) in [6.07, 6.45) is 2.39. The standard InChI is InChI=1S/C21H26N4O3/c1-24(2)20(26)14-23-21(22-11-10-17-8-6-12-27-17)25(3)15-18-13-16-7-4-5-9-19(16)28-18/h4-9,12-13H,10-11,14-15H2,1-3H3,(H,22,23). The molecule has 28 heavy (non-hydrogen) atoms. The summed E-state index contributed by atoms with van der Waals surface area (Å²) < 4.78 is 11.3. The Morgan fingerprint density at radius 2 is 1.93 bits per heavy atom. The summed E-state index contributed by atoms with van der Waals surface area (Å²) in [6, 6.07) is 13.7. The summed E-state index contributed by atoms with van der Waals surface area (Å²) in [6.45, 7) is 1.27. The number of carbonyl (C=O) groups excluding carboxylic acids is 1. The number of fused-ring (bicyclic) bond motifs is 1. The average Bonchev–Trinajstić information content (AvgIpc) is 3.32. The van der Waals surface area contributed by atoms with Crippen molar-refractivity contribution in [1.82, 2.24) is 15.1 Å². The number of aliphatic imine (C=N–C) groups is 1. The summed E-state index contributed by atoms with van der Waals surface area (Å²) >= 11 is 0. The van der Waals surface area contributed by atoms with E-state index in [2.05, 4.69) is 10.3 Å². The van der Waals surface area contributed by atoms with Crippen molar-refractivity contribution in [3.8, 4) is 0 Å². The Labute approximate surface area is 164 Å². The lowest BCUT2D eigenvalue weighted by molar-refractivity contribution is -0.127. The van der Waals surface area contributed by atoms with Gasteiger partial charge in [0.15, 0.2) is 5.96 Å². The van der Waals surface area contributed by atoms with Crippen molar-refractivity contribution in [1.29, 1.82) is 0 Å². The van der Waals surface area contributed by atoms with Gasteiger partial charge in [-0.1, -0.05) is 18.2 Å². The van der Waals surface area contributed by atoms with Gasteiger partial charge in [0.25, 0.3) is 0 Å². The van der Waals surface area contributed by atoms with Crippen LogP contribution >= 0.6 is 0 Å². The SMILES string of the molecule is CN(C)C(=O)CN=C(NCCc1ccco1)N(C)Cc1cc2ccccc2o1. The van der Waals surface area contributed by atoms with E-state index < -0.39 is 0 Å². The van der Waals surface area contributed by atoms with Gasteiger partial charge in [0.05, 0.1) is 12.8 Å². The van der Waals surface area contributed by atoms with Gasteiger partial charge >= 0.3 is 0 Å². The van der Waals surface area contributed by atoms with Crippen molar-refractivity contribution in [2.75, 3.05) is 34.2 Å². The first-order valence-corrected chi connectivity index (χ1v) is 9.22. The van der Waals surface area contributed by atoms with Crippen LogP contribution in [0.2, 0.25) is 0 Å². The molecule has 2 aromatic heterocycles. The Bertz CT molecular complexity index is 895. The second-order valence-corrected chi connectivity index (χ2v) is 6.79. The maximum absolute atomic E-state index is 11.9. The molecule has 7 nitrogen and oxygen atoms in total. The fourth-order valence-electron chi connectivity index (χ4n) is 2.77. The van der Waals surface area contributed by atoms with E-state index in [4.69, 9.17) is 8.83 Å². The average molecular weight is 382 g/mol. The predicted molar refractivity (Wildman–Crippen MR) is 109 cm³/mol. The van der Waals surface area contributed by atoms with Crippen LogP contribution in [0.3, 0.4) is 0 Å². The van der Waals surface area contributed by atoms with Crippen LogP contribution < -0.4 is 5.32 Å². The molecule has 0 aliphatic heterocycles. The molecule has 1 amide bonds. The molecule has 0 saturated carbocycles. The van der Waals surface area contributed by atoms with E-state index in [0.29, 0.717) is 19.0 Å². The third kappa shape index (κ3) is 5.16. The van der Waals surface area contributed by atoms with Gasteiger partial charge < -0.3 is 24.0 Å². The zero-order valence-corrected chi connectivity index (χ0v) is 16.5. The number of nitrogens with zero attached hydrogens (tertiary/aromatic N) is 3. The number of benzene rings is 1. The van der Waals surface area contributed by atoms with Crippen LogP contribution in [-0.4, -0.2) is 55.9 Å². The lowest BCUT2D eigenvalue weighted by atomic mass is 10.2. The van der Waals surface area contributed by atoms with Crippen LogP contribution in [0.4, 0.5) is 0 Å². The Hall–Kier alpha value is -3.22. The zero-order chi connectivity index (χ0) is 19.9. The third-order valence-corrected chi connectivity index (χ3v) is 4.33. The summed E-state index contributed by atoms with van der Waals surface area (Å²) in [4.78, 5) is 19.9. The molecule has 0 unspecified atom stereocenters. The van der Waals surface area contributed by atoms with Crippen molar-refractivity contribution in [3.63, 3.8) is 0 Å². The molecule has 1 aromatic carbocycles. The minimum Gasteiger partial charge on any atom is -0.469 e. The molecule has 3 aromatic rings. The highest BCUT2D eigenvalue weighted by molar-refractivity contribution is 5.85. The quantitative estimate of drug-likeness (QED) is 0.502. The molecule has 0 atom stereocenters. The molecule has 0 radical (unpaired) electrons. The lowest BCUT2D eigenvalue weighted by Gasteiger charge is -2.21. The molecular formula is C21H26N4O3. The molecule has 3 rings (SSSR count).